The summed E-state index contributed by atoms with van der Waals surface area (Å²) in [6, 6.07) is 7.80. The molecular weight excluding hydrogens is 252 g/mol. The van der Waals surface area contributed by atoms with Crippen molar-refractivity contribution in [1.29, 1.82) is 0 Å². The summed E-state index contributed by atoms with van der Waals surface area (Å²) in [5.41, 5.74) is 6.58. The van der Waals surface area contributed by atoms with E-state index in [9.17, 15) is 4.79 Å². The molecule has 3 N–H and O–H groups in total. The Hall–Kier alpha value is -1.55. The highest BCUT2D eigenvalue weighted by Crippen LogP contribution is 2.30. The van der Waals surface area contributed by atoms with E-state index in [1.54, 1.807) is 0 Å². The summed E-state index contributed by atoms with van der Waals surface area (Å²) in [5, 5.41) is 3.07. The largest absolute Gasteiger partial charge is 0.484 e. The normalized spacial score (nSPS) is 25.4. The summed E-state index contributed by atoms with van der Waals surface area (Å²) in [5.74, 6) is 1.89. The molecule has 1 fully saturated rings. The van der Waals surface area contributed by atoms with Crippen molar-refractivity contribution in [2.45, 2.75) is 39.3 Å². The van der Waals surface area contributed by atoms with Gasteiger partial charge in [-0.15, -0.1) is 0 Å². The van der Waals surface area contributed by atoms with Crippen molar-refractivity contribution in [1.82, 2.24) is 5.32 Å². The summed E-state index contributed by atoms with van der Waals surface area (Å²) in [7, 11) is 0. The van der Waals surface area contributed by atoms with Gasteiger partial charge < -0.3 is 15.8 Å². The van der Waals surface area contributed by atoms with E-state index in [0.29, 0.717) is 30.2 Å². The summed E-state index contributed by atoms with van der Waals surface area (Å²) < 4.78 is 5.49. The minimum atomic E-state index is -0.0427. The fourth-order valence-corrected chi connectivity index (χ4v) is 2.69. The predicted molar refractivity (Wildman–Crippen MR) is 79.3 cm³/mol. The van der Waals surface area contributed by atoms with Crippen LogP contribution in [0.5, 0.6) is 5.75 Å². The molecule has 1 amide bonds. The van der Waals surface area contributed by atoms with E-state index in [1.165, 1.54) is 6.42 Å². The molecule has 0 saturated heterocycles. The molecule has 20 heavy (non-hydrogen) atoms. The average Bonchev–Trinajstić information content (AvgIpc) is 2.78. The van der Waals surface area contributed by atoms with Crippen LogP contribution in [-0.2, 0) is 11.3 Å². The van der Waals surface area contributed by atoms with Crippen molar-refractivity contribution in [2.24, 2.45) is 17.6 Å². The van der Waals surface area contributed by atoms with Crippen LogP contribution in [0.15, 0.2) is 24.3 Å². The summed E-state index contributed by atoms with van der Waals surface area (Å²) in [6.45, 7) is 5.03. The average molecular weight is 276 g/mol. The van der Waals surface area contributed by atoms with Crippen LogP contribution in [0.1, 0.15) is 32.3 Å². The third kappa shape index (κ3) is 3.73. The predicted octanol–water partition coefficient (Wildman–Crippen LogP) is 2.07. The van der Waals surface area contributed by atoms with Gasteiger partial charge in [-0.25, -0.2) is 0 Å². The van der Waals surface area contributed by atoms with Crippen LogP contribution in [0.25, 0.3) is 0 Å². The molecule has 1 aliphatic rings. The zero-order valence-electron chi connectivity index (χ0n) is 12.3. The van der Waals surface area contributed by atoms with E-state index in [0.717, 1.165) is 12.0 Å². The van der Waals surface area contributed by atoms with Gasteiger partial charge in [0.1, 0.15) is 5.75 Å². The molecule has 3 unspecified atom stereocenters. The Balaban J connectivity index is 1.77. The highest BCUT2D eigenvalue weighted by atomic mass is 16.5. The Kier molecular flexibility index (Phi) is 5.01. The standard InChI is InChI=1S/C16H24N2O2/c1-11-3-8-15(12(11)2)18-16(19)10-20-14-6-4-13(9-17)5-7-14/h4-7,11-12,15H,3,8-10,17H2,1-2H3,(H,18,19). The molecule has 3 atom stereocenters. The number of rotatable bonds is 5. The summed E-state index contributed by atoms with van der Waals surface area (Å²) in [4.78, 5) is 11.9. The number of nitrogens with one attached hydrogen (secondary N) is 1. The van der Waals surface area contributed by atoms with E-state index < -0.39 is 0 Å². The highest BCUT2D eigenvalue weighted by molar-refractivity contribution is 5.77. The van der Waals surface area contributed by atoms with Gasteiger partial charge in [-0.1, -0.05) is 26.0 Å². The van der Waals surface area contributed by atoms with Gasteiger partial charge in [-0.2, -0.15) is 0 Å². The molecule has 1 aromatic carbocycles. The Morgan fingerprint density at radius 3 is 2.55 bits per heavy atom. The fourth-order valence-electron chi connectivity index (χ4n) is 2.69. The zero-order valence-corrected chi connectivity index (χ0v) is 12.3. The quantitative estimate of drug-likeness (QED) is 0.865. The Labute approximate surface area is 120 Å². The molecule has 4 heteroatoms. The number of nitrogens with two attached hydrogens (primary N) is 1. The molecule has 0 spiro atoms. The Morgan fingerprint density at radius 1 is 1.30 bits per heavy atom. The maximum atomic E-state index is 11.9. The lowest BCUT2D eigenvalue weighted by Gasteiger charge is -2.19. The van der Waals surface area contributed by atoms with Gasteiger partial charge in [0.25, 0.3) is 5.91 Å². The zero-order chi connectivity index (χ0) is 14.5. The second-order valence-electron chi connectivity index (χ2n) is 5.72. The molecule has 0 heterocycles. The molecule has 4 nitrogen and oxygen atoms in total. The van der Waals surface area contributed by atoms with Crippen LogP contribution in [0.2, 0.25) is 0 Å². The second-order valence-corrected chi connectivity index (χ2v) is 5.72. The van der Waals surface area contributed by atoms with E-state index in [4.69, 9.17) is 10.5 Å². The third-order valence-electron chi connectivity index (χ3n) is 4.34. The maximum absolute atomic E-state index is 11.9. The number of ether oxygens (including phenoxy) is 1. The molecule has 0 aromatic heterocycles. The highest BCUT2D eigenvalue weighted by Gasteiger charge is 2.30. The van der Waals surface area contributed by atoms with Crippen molar-refractivity contribution in [3.63, 3.8) is 0 Å². The van der Waals surface area contributed by atoms with Crippen LogP contribution >= 0.6 is 0 Å². The first-order chi connectivity index (χ1) is 9.60. The van der Waals surface area contributed by atoms with Gasteiger partial charge in [0.05, 0.1) is 0 Å². The van der Waals surface area contributed by atoms with E-state index in [-0.39, 0.29) is 12.5 Å². The lowest BCUT2D eigenvalue weighted by atomic mass is 9.98. The summed E-state index contributed by atoms with van der Waals surface area (Å²) in [6.07, 6.45) is 2.26. The fraction of sp³-hybridized carbons (Fsp3) is 0.562. The Morgan fingerprint density at radius 2 is 2.00 bits per heavy atom. The van der Waals surface area contributed by atoms with Gasteiger partial charge >= 0.3 is 0 Å². The van der Waals surface area contributed by atoms with Gasteiger partial charge in [-0.05, 0) is 42.4 Å². The molecule has 0 bridgehead atoms. The SMILES string of the molecule is CC1CCC(NC(=O)COc2ccc(CN)cc2)C1C. The topological polar surface area (TPSA) is 64.3 Å². The third-order valence-corrected chi connectivity index (χ3v) is 4.34. The van der Waals surface area contributed by atoms with E-state index in [1.807, 2.05) is 24.3 Å². The molecule has 1 saturated carbocycles. The van der Waals surface area contributed by atoms with Crippen LogP contribution in [-0.4, -0.2) is 18.6 Å². The number of hydrogen-bond donors (Lipinski definition) is 2. The first-order valence-electron chi connectivity index (χ1n) is 7.31. The molecule has 1 aliphatic carbocycles. The molecule has 110 valence electrons. The van der Waals surface area contributed by atoms with Crippen LogP contribution in [0.4, 0.5) is 0 Å². The van der Waals surface area contributed by atoms with Crippen molar-refractivity contribution in [2.75, 3.05) is 6.61 Å². The van der Waals surface area contributed by atoms with Crippen LogP contribution < -0.4 is 15.8 Å². The lowest BCUT2D eigenvalue weighted by Crippen LogP contribution is -2.39. The smallest absolute Gasteiger partial charge is 0.258 e. The number of amides is 1. The Bertz CT molecular complexity index is 444. The summed E-state index contributed by atoms with van der Waals surface area (Å²) >= 11 is 0. The maximum Gasteiger partial charge on any atom is 0.258 e. The minimum Gasteiger partial charge on any atom is -0.484 e. The monoisotopic (exact) mass is 276 g/mol. The minimum absolute atomic E-state index is 0.0427. The first kappa shape index (κ1) is 14.9. The van der Waals surface area contributed by atoms with Gasteiger partial charge in [0.15, 0.2) is 6.61 Å². The molecule has 0 aliphatic heterocycles. The molecule has 1 aromatic rings. The lowest BCUT2D eigenvalue weighted by molar-refractivity contribution is -0.124. The van der Waals surface area contributed by atoms with Crippen molar-refractivity contribution < 1.29 is 9.53 Å². The number of benzene rings is 1. The van der Waals surface area contributed by atoms with Gasteiger partial charge in [-0.3, -0.25) is 4.79 Å². The number of carbonyl (C=O) groups is 1. The van der Waals surface area contributed by atoms with Gasteiger partial charge in [0, 0.05) is 12.6 Å². The van der Waals surface area contributed by atoms with E-state index >= 15 is 0 Å². The second kappa shape index (κ2) is 6.75. The molecule has 0 radical (unpaired) electrons. The first-order valence-corrected chi connectivity index (χ1v) is 7.31. The van der Waals surface area contributed by atoms with Crippen molar-refractivity contribution in [3.05, 3.63) is 29.8 Å². The van der Waals surface area contributed by atoms with Crippen molar-refractivity contribution in [3.8, 4) is 5.75 Å². The molecular formula is C16H24N2O2. The molecule has 2 rings (SSSR count). The van der Waals surface area contributed by atoms with Crippen LogP contribution in [0, 0.1) is 11.8 Å². The van der Waals surface area contributed by atoms with Crippen LogP contribution in [0.3, 0.4) is 0 Å². The van der Waals surface area contributed by atoms with E-state index in [2.05, 4.69) is 19.2 Å². The number of carbonyl (C=O) groups excluding carboxylic acids is 1. The van der Waals surface area contributed by atoms with Gasteiger partial charge in [0.2, 0.25) is 0 Å². The number of hydrogen-bond acceptors (Lipinski definition) is 3. The van der Waals surface area contributed by atoms with Crippen molar-refractivity contribution >= 4 is 5.91 Å².